The summed E-state index contributed by atoms with van der Waals surface area (Å²) in [5.74, 6) is -0.420. The van der Waals surface area contributed by atoms with Gasteiger partial charge in [0.25, 0.3) is 5.91 Å². The zero-order chi connectivity index (χ0) is 29.8. The molecule has 2 aliphatic rings. The smallest absolute Gasteiger partial charge is 0.335 e. The molecule has 2 N–H and O–H groups in total. The lowest BCUT2D eigenvalue weighted by atomic mass is 10.1. The van der Waals surface area contributed by atoms with E-state index in [0.29, 0.717) is 40.2 Å². The molecule has 0 atom stereocenters. The summed E-state index contributed by atoms with van der Waals surface area (Å²) in [4.78, 5) is 41.0. The van der Waals surface area contributed by atoms with Crippen LogP contribution in [-0.2, 0) is 16.0 Å². The Hall–Kier alpha value is -4.10. The van der Waals surface area contributed by atoms with Crippen molar-refractivity contribution in [2.75, 3.05) is 46.0 Å². The third-order valence-corrected chi connectivity index (χ3v) is 8.70. The van der Waals surface area contributed by atoms with E-state index in [9.17, 15) is 9.59 Å². The summed E-state index contributed by atoms with van der Waals surface area (Å²) in [5.41, 5.74) is 4.96. The SMILES string of the molecule is O=C(O)c1ccc(CCN2C(=O)/C(=C/c3ccc(OCCN4CCOCC4)c(-c4ccc5[nH]cnc5n4)c3)SC2=S)cc1. The van der Waals surface area contributed by atoms with Crippen molar-refractivity contribution in [2.24, 2.45) is 0 Å². The first-order valence-corrected chi connectivity index (χ1v) is 15.1. The van der Waals surface area contributed by atoms with Crippen molar-refractivity contribution >= 4 is 57.4 Å². The Labute approximate surface area is 257 Å². The van der Waals surface area contributed by atoms with Crippen LogP contribution in [-0.4, -0.2) is 92.1 Å². The maximum absolute atomic E-state index is 13.3. The van der Waals surface area contributed by atoms with Gasteiger partial charge in [0.05, 0.1) is 41.2 Å². The first-order chi connectivity index (χ1) is 20.9. The van der Waals surface area contributed by atoms with Gasteiger partial charge < -0.3 is 19.6 Å². The minimum Gasteiger partial charge on any atom is -0.492 e. The van der Waals surface area contributed by atoms with Gasteiger partial charge in [-0.25, -0.2) is 14.8 Å². The molecule has 0 unspecified atom stereocenters. The zero-order valence-electron chi connectivity index (χ0n) is 23.2. The number of fused-ring (bicyclic) bond motifs is 1. The molecule has 2 aromatic carbocycles. The first kappa shape index (κ1) is 29.0. The van der Waals surface area contributed by atoms with Gasteiger partial charge in [-0.2, -0.15) is 0 Å². The van der Waals surface area contributed by atoms with E-state index in [2.05, 4.69) is 14.9 Å². The second-order valence-electron chi connectivity index (χ2n) is 10.1. The van der Waals surface area contributed by atoms with E-state index in [4.69, 9.17) is 31.8 Å². The molecular formula is C31H29N5O5S2. The predicted molar refractivity (Wildman–Crippen MR) is 169 cm³/mol. The molecule has 2 aliphatic heterocycles. The number of rotatable bonds is 10. The third-order valence-electron chi connectivity index (χ3n) is 7.33. The number of pyridine rings is 1. The molecule has 4 heterocycles. The molecular weight excluding hydrogens is 587 g/mol. The Morgan fingerprint density at radius 3 is 2.72 bits per heavy atom. The number of thioether (sulfide) groups is 1. The Morgan fingerprint density at radius 1 is 1.12 bits per heavy atom. The van der Waals surface area contributed by atoms with Gasteiger partial charge in [0, 0.05) is 31.7 Å². The normalized spacial score (nSPS) is 16.8. The van der Waals surface area contributed by atoms with Crippen LogP contribution in [0.4, 0.5) is 0 Å². The third kappa shape index (κ3) is 6.78. The van der Waals surface area contributed by atoms with Crippen molar-refractivity contribution in [3.05, 3.63) is 82.5 Å². The van der Waals surface area contributed by atoms with Gasteiger partial charge >= 0.3 is 5.97 Å². The standard InChI is InChI=1S/C31H29N5O5S2/c37-29-27(43-31(42)36(29)10-9-20-1-4-22(5-2-20)30(38)39)18-21-3-8-26(41-16-13-35-11-14-40-15-12-35)23(17-21)24-6-7-25-28(34-24)33-19-32-25/h1-8,17-19H,9-16H2,(H,38,39)(H,32,33,34)/b27-18-. The summed E-state index contributed by atoms with van der Waals surface area (Å²) in [6, 6.07) is 16.3. The minimum atomic E-state index is -0.971. The minimum absolute atomic E-state index is 0.152. The van der Waals surface area contributed by atoms with Crippen LogP contribution in [0.5, 0.6) is 5.75 Å². The summed E-state index contributed by atoms with van der Waals surface area (Å²) in [5, 5.41) is 9.12. The number of carboxylic acids is 1. The molecule has 2 aromatic heterocycles. The number of carbonyl (C=O) groups excluding carboxylic acids is 1. The molecule has 220 valence electrons. The highest BCUT2D eigenvalue weighted by Crippen LogP contribution is 2.35. The van der Waals surface area contributed by atoms with Gasteiger partial charge in [0.2, 0.25) is 0 Å². The van der Waals surface area contributed by atoms with Crippen LogP contribution in [0.15, 0.2) is 65.8 Å². The maximum atomic E-state index is 13.3. The first-order valence-electron chi connectivity index (χ1n) is 13.9. The van der Waals surface area contributed by atoms with Crippen LogP contribution in [0, 0.1) is 0 Å². The van der Waals surface area contributed by atoms with E-state index in [1.807, 2.05) is 36.4 Å². The number of carbonyl (C=O) groups is 2. The monoisotopic (exact) mass is 615 g/mol. The number of H-pyrrole nitrogens is 1. The molecule has 6 rings (SSSR count). The lowest BCUT2D eigenvalue weighted by Gasteiger charge is -2.26. The molecule has 1 amide bonds. The van der Waals surface area contributed by atoms with E-state index in [-0.39, 0.29) is 11.5 Å². The number of imidazole rings is 1. The number of aromatic amines is 1. The molecule has 10 nitrogen and oxygen atoms in total. The number of hydrogen-bond acceptors (Lipinski definition) is 9. The van der Waals surface area contributed by atoms with Gasteiger partial charge in [-0.05, 0) is 60.0 Å². The van der Waals surface area contributed by atoms with Gasteiger partial charge in [-0.3, -0.25) is 14.6 Å². The summed E-state index contributed by atoms with van der Waals surface area (Å²) in [6.45, 7) is 4.98. The number of aromatic nitrogens is 3. The number of benzene rings is 2. The maximum Gasteiger partial charge on any atom is 0.335 e. The fraction of sp³-hybridized carbons (Fsp3) is 0.258. The van der Waals surface area contributed by atoms with Gasteiger partial charge in [0.15, 0.2) is 5.65 Å². The molecule has 0 radical (unpaired) electrons. The van der Waals surface area contributed by atoms with Crippen LogP contribution in [0.25, 0.3) is 28.5 Å². The second-order valence-corrected chi connectivity index (χ2v) is 11.8. The quantitative estimate of drug-likeness (QED) is 0.195. The highest BCUT2D eigenvalue weighted by atomic mass is 32.2. The number of thiocarbonyl (C=S) groups is 1. The van der Waals surface area contributed by atoms with E-state index in [1.54, 1.807) is 35.5 Å². The highest BCUT2D eigenvalue weighted by molar-refractivity contribution is 8.26. The number of aromatic carboxylic acids is 1. The molecule has 2 fully saturated rings. The van der Waals surface area contributed by atoms with Crippen molar-refractivity contribution < 1.29 is 24.2 Å². The van der Waals surface area contributed by atoms with E-state index >= 15 is 0 Å². The second kappa shape index (κ2) is 13.0. The van der Waals surface area contributed by atoms with Crippen LogP contribution in [0.2, 0.25) is 0 Å². The largest absolute Gasteiger partial charge is 0.492 e. The zero-order valence-corrected chi connectivity index (χ0v) is 24.8. The molecule has 0 saturated carbocycles. The van der Waals surface area contributed by atoms with Crippen LogP contribution in [0.1, 0.15) is 21.5 Å². The van der Waals surface area contributed by atoms with E-state index in [1.165, 1.54) is 11.8 Å². The number of amides is 1. The van der Waals surface area contributed by atoms with Crippen molar-refractivity contribution in [3.63, 3.8) is 0 Å². The van der Waals surface area contributed by atoms with Gasteiger partial charge in [-0.1, -0.05) is 42.2 Å². The van der Waals surface area contributed by atoms with Crippen molar-refractivity contribution in [1.29, 1.82) is 0 Å². The topological polar surface area (TPSA) is 121 Å². The van der Waals surface area contributed by atoms with Crippen molar-refractivity contribution in [1.82, 2.24) is 24.8 Å². The fourth-order valence-corrected chi connectivity index (χ4v) is 6.25. The number of ether oxygens (including phenoxy) is 2. The average Bonchev–Trinajstić information content (AvgIpc) is 3.60. The molecule has 4 aromatic rings. The Morgan fingerprint density at radius 2 is 1.93 bits per heavy atom. The lowest BCUT2D eigenvalue weighted by Crippen LogP contribution is -2.38. The molecule has 0 aliphatic carbocycles. The van der Waals surface area contributed by atoms with Crippen LogP contribution >= 0.6 is 24.0 Å². The average molecular weight is 616 g/mol. The Balaban J connectivity index is 1.20. The summed E-state index contributed by atoms with van der Waals surface area (Å²) >= 11 is 6.81. The summed E-state index contributed by atoms with van der Waals surface area (Å²) in [6.07, 6.45) is 4.02. The van der Waals surface area contributed by atoms with E-state index in [0.717, 1.165) is 60.7 Å². The number of morpholine rings is 1. The number of nitrogens with zero attached hydrogens (tertiary/aromatic N) is 4. The number of hydrogen-bond donors (Lipinski definition) is 2. The van der Waals surface area contributed by atoms with E-state index < -0.39 is 5.97 Å². The summed E-state index contributed by atoms with van der Waals surface area (Å²) < 4.78 is 12.2. The lowest BCUT2D eigenvalue weighted by molar-refractivity contribution is -0.122. The predicted octanol–water partition coefficient (Wildman–Crippen LogP) is 4.48. The molecule has 12 heteroatoms. The van der Waals surface area contributed by atoms with Gasteiger partial charge in [0.1, 0.15) is 16.7 Å². The highest BCUT2D eigenvalue weighted by Gasteiger charge is 2.31. The van der Waals surface area contributed by atoms with Crippen molar-refractivity contribution in [3.8, 4) is 17.0 Å². The number of nitrogens with one attached hydrogen (secondary N) is 1. The van der Waals surface area contributed by atoms with Gasteiger partial charge in [-0.15, -0.1) is 0 Å². The molecule has 0 spiro atoms. The Kier molecular flexibility index (Phi) is 8.79. The Bertz CT molecular complexity index is 1700. The van der Waals surface area contributed by atoms with Crippen LogP contribution < -0.4 is 4.74 Å². The fourth-order valence-electron chi connectivity index (χ4n) is 4.94. The van der Waals surface area contributed by atoms with Crippen molar-refractivity contribution in [2.45, 2.75) is 6.42 Å². The van der Waals surface area contributed by atoms with Crippen LogP contribution in [0.3, 0.4) is 0 Å². The molecule has 43 heavy (non-hydrogen) atoms. The summed E-state index contributed by atoms with van der Waals surface area (Å²) in [7, 11) is 0. The molecule has 2 saturated heterocycles. The number of carboxylic acid groups (broad SMARTS) is 1. The molecule has 0 bridgehead atoms.